The van der Waals surface area contributed by atoms with Crippen molar-refractivity contribution in [1.29, 1.82) is 0 Å². The molecule has 0 saturated heterocycles. The van der Waals surface area contributed by atoms with E-state index in [9.17, 15) is 0 Å². The third-order valence-electron chi connectivity index (χ3n) is 14.0. The molecule has 13 aromatic carbocycles. The fourth-order valence-electron chi connectivity index (χ4n) is 11.2. The van der Waals surface area contributed by atoms with Crippen LogP contribution in [0.4, 0.5) is 0 Å². The van der Waals surface area contributed by atoms with E-state index in [0.717, 1.165) is 16.7 Å². The molecule has 0 atom stereocenters. The monoisotopic (exact) mass is 860 g/mol. The lowest BCUT2D eigenvalue weighted by Crippen LogP contribution is -2.04. The van der Waals surface area contributed by atoms with Crippen LogP contribution in [0.25, 0.3) is 132 Å². The van der Waals surface area contributed by atoms with Gasteiger partial charge in [0.25, 0.3) is 0 Å². The Morgan fingerprint density at radius 3 is 0.765 bits per heavy atom. The maximum atomic E-state index is 2.41. The molecule has 68 heavy (non-hydrogen) atoms. The molecule has 0 heterocycles. The first-order valence-electron chi connectivity index (χ1n) is 23.6. The van der Waals surface area contributed by atoms with Gasteiger partial charge in [0.2, 0.25) is 0 Å². The summed E-state index contributed by atoms with van der Waals surface area (Å²) in [7, 11) is 0. The molecule has 0 aliphatic heterocycles. The van der Waals surface area contributed by atoms with Gasteiger partial charge in [0.05, 0.1) is 0 Å². The van der Waals surface area contributed by atoms with Crippen molar-refractivity contribution in [3.8, 4) is 89.0 Å². The van der Waals surface area contributed by atoms with Crippen molar-refractivity contribution in [3.05, 3.63) is 267 Å². The van der Waals surface area contributed by atoms with Crippen LogP contribution in [0.1, 0.15) is 0 Å². The Morgan fingerprint density at radius 1 is 0.147 bits per heavy atom. The first kappa shape index (κ1) is 39.5. The van der Waals surface area contributed by atoms with Crippen molar-refractivity contribution in [3.63, 3.8) is 0 Å². The highest BCUT2D eigenvalue weighted by Gasteiger charge is 2.33. The van der Waals surface area contributed by atoms with Crippen LogP contribution >= 0.6 is 0 Å². The Bertz CT molecular complexity index is 3920. The van der Waals surface area contributed by atoms with Gasteiger partial charge in [-0.2, -0.15) is 0 Å². The van der Waals surface area contributed by atoms with Crippen LogP contribution in [-0.2, 0) is 0 Å². The number of hydrogen-bond acceptors (Lipinski definition) is 0. The topological polar surface area (TPSA) is 0 Å². The third-order valence-corrected chi connectivity index (χ3v) is 14.0. The molecule has 0 aromatic heterocycles. The summed E-state index contributed by atoms with van der Waals surface area (Å²) in [6, 6.07) is 98.9. The maximum absolute atomic E-state index is 2.41. The fraction of sp³-hybridized carbons (Fsp3) is 0. The quantitative estimate of drug-likeness (QED) is 0.134. The minimum atomic E-state index is 1.16. The summed E-state index contributed by atoms with van der Waals surface area (Å²) in [5.74, 6) is 0. The third kappa shape index (κ3) is 6.38. The predicted molar refractivity (Wildman–Crippen MR) is 291 cm³/mol. The SMILES string of the molecule is c1ccc(-c2c(-c3ccccc3)c(-c3ccccc3)c3c(-c4ccccc4)c(-c4ccc5ccc6cccc7ccc4c5c67)c(-c4ccccc4)c(-c4ccccc4)c3c2-c2ccccc2)cc1. The molecule has 0 saturated carbocycles. The number of fused-ring (bicyclic) bond motifs is 1. The smallest absolute Gasteiger partial charge is 0.0000932 e. The molecule has 13 rings (SSSR count). The van der Waals surface area contributed by atoms with Gasteiger partial charge in [-0.3, -0.25) is 0 Å². The summed E-state index contributed by atoms with van der Waals surface area (Å²) in [5, 5.41) is 10.1. The average molecular weight is 861 g/mol. The maximum Gasteiger partial charge on any atom is -0.0000932 e. The summed E-state index contributed by atoms with van der Waals surface area (Å²) >= 11 is 0. The Balaban J connectivity index is 1.41. The molecule has 13 aromatic rings. The predicted octanol–water partition coefficient (Wildman–Crippen LogP) is 19.1. The molecule has 0 amide bonds. The van der Waals surface area contributed by atoms with Crippen molar-refractivity contribution < 1.29 is 0 Å². The van der Waals surface area contributed by atoms with Gasteiger partial charge >= 0.3 is 0 Å². The van der Waals surface area contributed by atoms with Gasteiger partial charge in [-0.05, 0) is 132 Å². The molecule has 0 N–H and O–H groups in total. The number of benzene rings is 13. The molecule has 0 unspecified atom stereocenters. The van der Waals surface area contributed by atoms with Gasteiger partial charge in [-0.1, -0.05) is 267 Å². The zero-order valence-electron chi connectivity index (χ0n) is 37.4. The summed E-state index contributed by atoms with van der Waals surface area (Å²) in [6.07, 6.45) is 0. The molecule has 0 radical (unpaired) electrons. The standard InChI is InChI=1S/C68H44/c1-8-23-45(24-9-1)59-60(46-25-10-2-11-26-46)63(49-31-16-5-17-32-49)68-65(51-35-20-7-21-36-51)66(56-44-42-54-40-39-52-37-22-38-53-41-43-55(56)58(54)57(52)53)61(47-27-12-3-13-28-47)64(50-33-18-6-19-34-50)67(68)62(59)48-29-14-4-15-30-48/h1-44H. The van der Waals surface area contributed by atoms with Gasteiger partial charge in [-0.15, -0.1) is 0 Å². The van der Waals surface area contributed by atoms with E-state index in [1.54, 1.807) is 0 Å². The normalized spacial score (nSPS) is 11.5. The van der Waals surface area contributed by atoms with E-state index >= 15 is 0 Å². The van der Waals surface area contributed by atoms with Crippen molar-refractivity contribution >= 4 is 43.1 Å². The second kappa shape index (κ2) is 16.5. The zero-order chi connectivity index (χ0) is 45.0. The fourth-order valence-corrected chi connectivity index (χ4v) is 11.2. The second-order valence-electron chi connectivity index (χ2n) is 17.8. The van der Waals surface area contributed by atoms with E-state index < -0.39 is 0 Å². The number of rotatable bonds is 8. The van der Waals surface area contributed by atoms with E-state index in [4.69, 9.17) is 0 Å². The van der Waals surface area contributed by atoms with Gasteiger partial charge in [0.15, 0.2) is 0 Å². The van der Waals surface area contributed by atoms with E-state index in [-0.39, 0.29) is 0 Å². The Morgan fingerprint density at radius 2 is 0.412 bits per heavy atom. The van der Waals surface area contributed by atoms with Crippen molar-refractivity contribution in [2.45, 2.75) is 0 Å². The molecular weight excluding hydrogens is 817 g/mol. The summed E-state index contributed by atoms with van der Waals surface area (Å²) in [4.78, 5) is 0. The molecule has 0 aliphatic carbocycles. The highest BCUT2D eigenvalue weighted by Crippen LogP contribution is 2.60. The molecule has 0 heteroatoms. The molecule has 0 aliphatic rings. The second-order valence-corrected chi connectivity index (χ2v) is 17.8. The minimum Gasteiger partial charge on any atom is -0.0622 e. The Hall–Kier alpha value is -8.84. The minimum absolute atomic E-state index is 1.16. The lowest BCUT2D eigenvalue weighted by atomic mass is 9.71. The lowest BCUT2D eigenvalue weighted by molar-refractivity contribution is 1.55. The summed E-state index contributed by atoms with van der Waals surface area (Å²) in [6.45, 7) is 0. The lowest BCUT2D eigenvalue weighted by Gasteiger charge is -2.31. The molecule has 0 spiro atoms. The Labute approximate surface area is 397 Å². The average Bonchev–Trinajstić information content (AvgIpc) is 3.42. The molecular formula is C68H44. The van der Waals surface area contributed by atoms with Crippen LogP contribution in [0.3, 0.4) is 0 Å². The molecule has 0 bridgehead atoms. The molecule has 0 nitrogen and oxygen atoms in total. The van der Waals surface area contributed by atoms with Gasteiger partial charge < -0.3 is 0 Å². The van der Waals surface area contributed by atoms with Crippen LogP contribution < -0.4 is 0 Å². The van der Waals surface area contributed by atoms with Gasteiger partial charge in [0.1, 0.15) is 0 Å². The van der Waals surface area contributed by atoms with Crippen LogP contribution in [0.5, 0.6) is 0 Å². The highest BCUT2D eigenvalue weighted by molar-refractivity contribution is 6.33. The van der Waals surface area contributed by atoms with Crippen LogP contribution in [0.15, 0.2) is 267 Å². The van der Waals surface area contributed by atoms with Crippen LogP contribution in [0.2, 0.25) is 0 Å². The summed E-state index contributed by atoms with van der Waals surface area (Å²) < 4.78 is 0. The number of hydrogen-bond donors (Lipinski definition) is 0. The Kier molecular flexibility index (Phi) is 9.62. The van der Waals surface area contributed by atoms with Crippen LogP contribution in [0, 0.1) is 0 Å². The summed E-state index contributed by atoms with van der Waals surface area (Å²) in [5.41, 5.74) is 19.0. The van der Waals surface area contributed by atoms with Crippen molar-refractivity contribution in [2.75, 3.05) is 0 Å². The highest BCUT2D eigenvalue weighted by atomic mass is 14.3. The van der Waals surface area contributed by atoms with E-state index in [1.165, 1.54) is 115 Å². The molecule has 0 fully saturated rings. The first-order valence-corrected chi connectivity index (χ1v) is 23.6. The van der Waals surface area contributed by atoms with Crippen molar-refractivity contribution in [2.24, 2.45) is 0 Å². The van der Waals surface area contributed by atoms with Gasteiger partial charge in [0, 0.05) is 0 Å². The largest absolute Gasteiger partial charge is 0.0622 e. The zero-order valence-corrected chi connectivity index (χ0v) is 37.4. The van der Waals surface area contributed by atoms with Crippen molar-refractivity contribution in [1.82, 2.24) is 0 Å². The first-order chi connectivity index (χ1) is 33.8. The molecule has 316 valence electrons. The van der Waals surface area contributed by atoms with E-state index in [1.807, 2.05) is 0 Å². The van der Waals surface area contributed by atoms with Crippen LogP contribution in [-0.4, -0.2) is 0 Å². The van der Waals surface area contributed by atoms with E-state index in [0.29, 0.717) is 0 Å². The van der Waals surface area contributed by atoms with Gasteiger partial charge in [-0.25, -0.2) is 0 Å². The van der Waals surface area contributed by atoms with E-state index in [2.05, 4.69) is 267 Å².